The minimum Gasteiger partial charge on any atom is -0.348 e. The highest BCUT2D eigenvalue weighted by atomic mass is 16.1. The van der Waals surface area contributed by atoms with Gasteiger partial charge in [0.1, 0.15) is 11.5 Å². The largest absolute Gasteiger partial charge is 0.348 e. The van der Waals surface area contributed by atoms with E-state index in [1.54, 1.807) is 12.4 Å². The first kappa shape index (κ1) is 17.4. The lowest BCUT2D eigenvalue weighted by molar-refractivity contribution is 0.0922. The molecule has 0 bridgehead atoms. The van der Waals surface area contributed by atoms with Crippen LogP contribution in [-0.2, 0) is 0 Å². The first-order chi connectivity index (χ1) is 12.1. The second kappa shape index (κ2) is 8.10. The lowest BCUT2D eigenvalue weighted by Gasteiger charge is -2.22. The van der Waals surface area contributed by atoms with Crippen molar-refractivity contribution in [1.29, 1.82) is 0 Å². The summed E-state index contributed by atoms with van der Waals surface area (Å²) in [6, 6.07) is 8.44. The highest BCUT2D eigenvalue weighted by Crippen LogP contribution is 2.26. The highest BCUT2D eigenvalue weighted by molar-refractivity contribution is 5.92. The van der Waals surface area contributed by atoms with E-state index in [-0.39, 0.29) is 11.9 Å². The minimum absolute atomic E-state index is 0.131. The van der Waals surface area contributed by atoms with Crippen LogP contribution in [0.15, 0.2) is 36.7 Å². The first-order valence-corrected chi connectivity index (χ1v) is 9.12. The monoisotopic (exact) mass is 338 g/mol. The second-order valence-corrected chi connectivity index (χ2v) is 6.96. The molecule has 1 aromatic carbocycles. The van der Waals surface area contributed by atoms with Gasteiger partial charge in [-0.05, 0) is 30.4 Å². The summed E-state index contributed by atoms with van der Waals surface area (Å²) in [4.78, 5) is 20.9. The van der Waals surface area contributed by atoms with E-state index < -0.39 is 0 Å². The zero-order valence-electron chi connectivity index (χ0n) is 15.0. The molecule has 0 saturated heterocycles. The molecule has 1 heterocycles. The van der Waals surface area contributed by atoms with Crippen LogP contribution in [0.25, 0.3) is 0 Å². The molecule has 3 rings (SSSR count). The number of hydrogen-bond donors (Lipinski definition) is 2. The average Bonchev–Trinajstić information content (AvgIpc) is 2.63. The highest BCUT2D eigenvalue weighted by Gasteiger charge is 2.17. The molecule has 1 amide bonds. The van der Waals surface area contributed by atoms with Crippen molar-refractivity contribution < 1.29 is 4.79 Å². The van der Waals surface area contributed by atoms with Crippen LogP contribution in [0.1, 0.15) is 67.9 Å². The number of benzene rings is 1. The number of rotatable bonds is 5. The van der Waals surface area contributed by atoms with Crippen molar-refractivity contribution in [1.82, 2.24) is 15.3 Å². The van der Waals surface area contributed by atoms with Crippen molar-refractivity contribution in [2.75, 3.05) is 5.32 Å². The molecular formula is C20H26N4O. The maximum atomic E-state index is 12.3. The Morgan fingerprint density at radius 3 is 2.52 bits per heavy atom. The third-order valence-electron chi connectivity index (χ3n) is 4.67. The summed E-state index contributed by atoms with van der Waals surface area (Å²) in [5, 5.41) is 6.36. The summed E-state index contributed by atoms with van der Waals surface area (Å²) < 4.78 is 0. The minimum atomic E-state index is -0.131. The van der Waals surface area contributed by atoms with Gasteiger partial charge < -0.3 is 10.6 Å². The smallest absolute Gasteiger partial charge is 0.271 e. The summed E-state index contributed by atoms with van der Waals surface area (Å²) >= 11 is 0. The molecule has 1 aliphatic carbocycles. The molecule has 0 spiro atoms. The van der Waals surface area contributed by atoms with Crippen molar-refractivity contribution >= 4 is 17.4 Å². The SMILES string of the molecule is CC(C)c1ccccc1Nc1cnc(C(=O)NC2CCCCC2)cn1. The average molecular weight is 338 g/mol. The summed E-state index contributed by atoms with van der Waals surface area (Å²) in [6.07, 6.45) is 8.93. The molecule has 1 saturated carbocycles. The van der Waals surface area contributed by atoms with E-state index in [0.29, 0.717) is 17.4 Å². The second-order valence-electron chi connectivity index (χ2n) is 6.96. The Balaban J connectivity index is 1.65. The van der Waals surface area contributed by atoms with Gasteiger partial charge in [-0.1, -0.05) is 51.3 Å². The quantitative estimate of drug-likeness (QED) is 0.847. The van der Waals surface area contributed by atoms with Crippen LogP contribution in [-0.4, -0.2) is 21.9 Å². The first-order valence-electron chi connectivity index (χ1n) is 9.12. The van der Waals surface area contributed by atoms with Gasteiger partial charge in [-0.25, -0.2) is 9.97 Å². The van der Waals surface area contributed by atoms with Gasteiger partial charge in [0.05, 0.1) is 12.4 Å². The zero-order valence-corrected chi connectivity index (χ0v) is 15.0. The molecular weight excluding hydrogens is 312 g/mol. The molecule has 2 N–H and O–H groups in total. The van der Waals surface area contributed by atoms with E-state index in [1.807, 2.05) is 18.2 Å². The van der Waals surface area contributed by atoms with E-state index in [9.17, 15) is 4.79 Å². The van der Waals surface area contributed by atoms with Crippen LogP contribution < -0.4 is 10.6 Å². The summed E-state index contributed by atoms with van der Waals surface area (Å²) in [6.45, 7) is 4.32. The van der Waals surface area contributed by atoms with Crippen LogP contribution in [0.2, 0.25) is 0 Å². The van der Waals surface area contributed by atoms with Crippen molar-refractivity contribution in [2.24, 2.45) is 0 Å². The molecule has 5 heteroatoms. The molecule has 25 heavy (non-hydrogen) atoms. The Labute approximate surface area is 149 Å². The summed E-state index contributed by atoms with van der Waals surface area (Å²) in [5.74, 6) is 0.924. The Hall–Kier alpha value is -2.43. The van der Waals surface area contributed by atoms with Crippen LogP contribution in [0.4, 0.5) is 11.5 Å². The number of anilines is 2. The molecule has 0 aliphatic heterocycles. The number of nitrogens with one attached hydrogen (secondary N) is 2. The predicted octanol–water partition coefficient (Wildman–Crippen LogP) is 4.41. The summed E-state index contributed by atoms with van der Waals surface area (Å²) in [7, 11) is 0. The van der Waals surface area contributed by atoms with E-state index in [0.717, 1.165) is 18.5 Å². The summed E-state index contributed by atoms with van der Waals surface area (Å²) in [5.41, 5.74) is 2.61. The maximum Gasteiger partial charge on any atom is 0.271 e. The molecule has 0 radical (unpaired) electrons. The van der Waals surface area contributed by atoms with E-state index in [1.165, 1.54) is 24.8 Å². The van der Waals surface area contributed by atoms with Crippen molar-refractivity contribution in [3.63, 3.8) is 0 Å². The molecule has 1 aromatic heterocycles. The molecule has 132 valence electrons. The topological polar surface area (TPSA) is 66.9 Å². The fraction of sp³-hybridized carbons (Fsp3) is 0.450. The number of aromatic nitrogens is 2. The lowest BCUT2D eigenvalue weighted by atomic mass is 9.95. The predicted molar refractivity (Wildman–Crippen MR) is 100 cm³/mol. The Morgan fingerprint density at radius 1 is 1.08 bits per heavy atom. The van der Waals surface area contributed by atoms with Crippen molar-refractivity contribution in [2.45, 2.75) is 57.9 Å². The van der Waals surface area contributed by atoms with Crippen LogP contribution in [0.3, 0.4) is 0 Å². The van der Waals surface area contributed by atoms with Gasteiger partial charge in [0.25, 0.3) is 5.91 Å². The van der Waals surface area contributed by atoms with Gasteiger partial charge in [0.15, 0.2) is 0 Å². The molecule has 5 nitrogen and oxygen atoms in total. The normalized spacial score (nSPS) is 15.2. The molecule has 2 aromatic rings. The maximum absolute atomic E-state index is 12.3. The van der Waals surface area contributed by atoms with E-state index in [2.05, 4.69) is 40.5 Å². The van der Waals surface area contributed by atoms with Crippen molar-refractivity contribution in [3.8, 4) is 0 Å². The number of amides is 1. The zero-order chi connectivity index (χ0) is 17.6. The Kier molecular flexibility index (Phi) is 5.64. The number of carbonyl (C=O) groups is 1. The van der Waals surface area contributed by atoms with Gasteiger partial charge >= 0.3 is 0 Å². The fourth-order valence-electron chi connectivity index (χ4n) is 3.27. The lowest BCUT2D eigenvalue weighted by Crippen LogP contribution is -2.36. The number of carbonyl (C=O) groups excluding carboxylic acids is 1. The van der Waals surface area contributed by atoms with Crippen LogP contribution in [0, 0.1) is 0 Å². The number of hydrogen-bond acceptors (Lipinski definition) is 4. The van der Waals surface area contributed by atoms with Gasteiger partial charge in [-0.3, -0.25) is 4.79 Å². The van der Waals surface area contributed by atoms with Gasteiger partial charge in [0, 0.05) is 11.7 Å². The Morgan fingerprint density at radius 2 is 1.84 bits per heavy atom. The third kappa shape index (κ3) is 4.56. The molecule has 1 fully saturated rings. The van der Waals surface area contributed by atoms with E-state index >= 15 is 0 Å². The standard InChI is InChI=1S/C20H26N4O/c1-14(2)16-10-6-7-11-17(16)24-19-13-21-18(12-22-19)20(25)23-15-8-4-3-5-9-15/h6-7,10-15H,3-5,8-9H2,1-2H3,(H,22,24)(H,23,25). The van der Waals surface area contributed by atoms with Crippen molar-refractivity contribution in [3.05, 3.63) is 47.9 Å². The van der Waals surface area contributed by atoms with Crippen LogP contribution in [0.5, 0.6) is 0 Å². The molecule has 1 aliphatic rings. The van der Waals surface area contributed by atoms with Crippen LogP contribution >= 0.6 is 0 Å². The van der Waals surface area contributed by atoms with E-state index in [4.69, 9.17) is 0 Å². The number of nitrogens with zero attached hydrogens (tertiary/aromatic N) is 2. The van der Waals surface area contributed by atoms with Gasteiger partial charge in [-0.2, -0.15) is 0 Å². The van der Waals surface area contributed by atoms with Gasteiger partial charge in [0.2, 0.25) is 0 Å². The fourth-order valence-corrected chi connectivity index (χ4v) is 3.27. The molecule has 0 atom stereocenters. The van der Waals surface area contributed by atoms with Gasteiger partial charge in [-0.15, -0.1) is 0 Å². The molecule has 0 unspecified atom stereocenters. The Bertz CT molecular complexity index is 706. The third-order valence-corrected chi connectivity index (χ3v) is 4.67. The number of para-hydroxylation sites is 1.